The van der Waals surface area contributed by atoms with Gasteiger partial charge < -0.3 is 4.74 Å². The second kappa shape index (κ2) is 6.89. The van der Waals surface area contributed by atoms with Crippen LogP contribution in [0.5, 0.6) is 5.75 Å². The van der Waals surface area contributed by atoms with E-state index in [2.05, 4.69) is 11.8 Å². The second-order valence-corrected chi connectivity index (χ2v) is 5.71. The minimum Gasteiger partial charge on any atom is -0.496 e. The zero-order valence-corrected chi connectivity index (χ0v) is 12.8. The lowest BCUT2D eigenvalue weighted by Crippen LogP contribution is -2.32. The topological polar surface area (TPSA) is 29.5 Å². The lowest BCUT2D eigenvalue weighted by Gasteiger charge is -2.32. The number of methoxy groups -OCH3 is 1. The number of carbonyl (C=O) groups excluding carboxylic acids is 1. The Labute approximate surface area is 121 Å². The molecule has 0 amide bonds. The highest BCUT2D eigenvalue weighted by molar-refractivity contribution is 5.94. The standard InChI is InChI=1S/C17H25NO2/c1-4-18(11-14-6-5-7-14)12-16-10-15(13(2)19)8-9-17(16)20-3/h8-10,14H,4-7,11-12H2,1-3H3. The van der Waals surface area contributed by atoms with Gasteiger partial charge in [-0.25, -0.2) is 0 Å². The summed E-state index contributed by atoms with van der Waals surface area (Å²) in [6.07, 6.45) is 4.10. The van der Waals surface area contributed by atoms with Crippen LogP contribution < -0.4 is 4.74 Å². The molecule has 0 saturated heterocycles. The summed E-state index contributed by atoms with van der Waals surface area (Å²) in [4.78, 5) is 14.0. The summed E-state index contributed by atoms with van der Waals surface area (Å²) >= 11 is 0. The van der Waals surface area contributed by atoms with Gasteiger partial charge in [-0.05, 0) is 50.4 Å². The van der Waals surface area contributed by atoms with Crippen LogP contribution in [0, 0.1) is 5.92 Å². The molecule has 0 aromatic heterocycles. The van der Waals surface area contributed by atoms with Crippen LogP contribution in [0.2, 0.25) is 0 Å². The van der Waals surface area contributed by atoms with Gasteiger partial charge in [0.25, 0.3) is 0 Å². The van der Waals surface area contributed by atoms with Gasteiger partial charge in [0.05, 0.1) is 7.11 Å². The third kappa shape index (κ3) is 3.60. The molecule has 0 bridgehead atoms. The number of Topliss-reactive ketones (excluding diaryl/α,β-unsaturated/α-hetero) is 1. The summed E-state index contributed by atoms with van der Waals surface area (Å²) in [7, 11) is 1.69. The molecule has 1 saturated carbocycles. The number of carbonyl (C=O) groups is 1. The smallest absolute Gasteiger partial charge is 0.159 e. The van der Waals surface area contributed by atoms with Crippen molar-refractivity contribution < 1.29 is 9.53 Å². The molecule has 0 unspecified atom stereocenters. The van der Waals surface area contributed by atoms with Crippen LogP contribution in [-0.2, 0) is 6.54 Å². The molecule has 0 spiro atoms. The van der Waals surface area contributed by atoms with E-state index in [0.29, 0.717) is 0 Å². The molecular weight excluding hydrogens is 250 g/mol. The first-order chi connectivity index (χ1) is 9.63. The van der Waals surface area contributed by atoms with Crippen LogP contribution in [0.25, 0.3) is 0 Å². The average molecular weight is 275 g/mol. The summed E-state index contributed by atoms with van der Waals surface area (Å²) in [5.74, 6) is 1.84. The minimum atomic E-state index is 0.107. The van der Waals surface area contributed by atoms with E-state index >= 15 is 0 Å². The third-order valence-electron chi connectivity index (χ3n) is 4.27. The summed E-state index contributed by atoms with van der Waals surface area (Å²) in [6.45, 7) is 6.85. The Balaban J connectivity index is 2.11. The monoisotopic (exact) mass is 275 g/mol. The summed E-state index contributed by atoms with van der Waals surface area (Å²) in [5.41, 5.74) is 1.88. The number of nitrogens with zero attached hydrogens (tertiary/aromatic N) is 1. The van der Waals surface area contributed by atoms with Crippen molar-refractivity contribution in [1.29, 1.82) is 0 Å². The maximum Gasteiger partial charge on any atom is 0.159 e. The predicted octanol–water partition coefficient (Wildman–Crippen LogP) is 3.52. The van der Waals surface area contributed by atoms with Gasteiger partial charge in [0, 0.05) is 24.2 Å². The summed E-state index contributed by atoms with van der Waals surface area (Å²) in [6, 6.07) is 5.72. The molecule has 20 heavy (non-hydrogen) atoms. The molecule has 110 valence electrons. The van der Waals surface area contributed by atoms with Gasteiger partial charge in [-0.15, -0.1) is 0 Å². The van der Waals surface area contributed by atoms with Crippen molar-refractivity contribution in [3.63, 3.8) is 0 Å². The van der Waals surface area contributed by atoms with Gasteiger partial charge in [-0.3, -0.25) is 9.69 Å². The first-order valence-corrected chi connectivity index (χ1v) is 7.54. The van der Waals surface area contributed by atoms with E-state index in [1.54, 1.807) is 14.0 Å². The fraction of sp³-hybridized carbons (Fsp3) is 0.588. The van der Waals surface area contributed by atoms with Gasteiger partial charge in [0.15, 0.2) is 5.78 Å². The molecule has 3 nitrogen and oxygen atoms in total. The highest BCUT2D eigenvalue weighted by Gasteiger charge is 2.20. The molecule has 0 aliphatic heterocycles. The highest BCUT2D eigenvalue weighted by atomic mass is 16.5. The Morgan fingerprint density at radius 3 is 2.65 bits per heavy atom. The van der Waals surface area contributed by atoms with E-state index in [1.807, 2.05) is 18.2 Å². The van der Waals surface area contributed by atoms with E-state index in [-0.39, 0.29) is 5.78 Å². The largest absolute Gasteiger partial charge is 0.496 e. The van der Waals surface area contributed by atoms with Crippen LogP contribution in [0.3, 0.4) is 0 Å². The molecule has 1 aliphatic rings. The van der Waals surface area contributed by atoms with Gasteiger partial charge in [-0.1, -0.05) is 13.3 Å². The maximum absolute atomic E-state index is 11.5. The molecule has 0 heterocycles. The summed E-state index contributed by atoms with van der Waals surface area (Å²) in [5, 5.41) is 0. The molecule has 0 radical (unpaired) electrons. The van der Waals surface area contributed by atoms with E-state index < -0.39 is 0 Å². The normalized spacial score (nSPS) is 15.2. The van der Waals surface area contributed by atoms with Gasteiger partial charge >= 0.3 is 0 Å². The van der Waals surface area contributed by atoms with Crippen molar-refractivity contribution >= 4 is 5.78 Å². The van der Waals surface area contributed by atoms with Crippen LogP contribution in [0.4, 0.5) is 0 Å². The van der Waals surface area contributed by atoms with Crippen molar-refractivity contribution in [3.8, 4) is 5.75 Å². The fourth-order valence-electron chi connectivity index (χ4n) is 2.71. The SMILES string of the molecule is CCN(Cc1cc(C(C)=O)ccc1OC)CC1CCC1. The Morgan fingerprint density at radius 1 is 1.40 bits per heavy atom. The number of benzene rings is 1. The Hall–Kier alpha value is -1.35. The molecule has 2 rings (SSSR count). The number of hydrogen-bond acceptors (Lipinski definition) is 3. The quantitative estimate of drug-likeness (QED) is 0.713. The second-order valence-electron chi connectivity index (χ2n) is 5.71. The number of ketones is 1. The van der Waals surface area contributed by atoms with Crippen LogP contribution in [0.1, 0.15) is 49.0 Å². The summed E-state index contributed by atoms with van der Waals surface area (Å²) < 4.78 is 5.43. The minimum absolute atomic E-state index is 0.107. The van der Waals surface area contributed by atoms with Crippen LogP contribution in [0.15, 0.2) is 18.2 Å². The Kier molecular flexibility index (Phi) is 5.18. The Bertz CT molecular complexity index is 466. The van der Waals surface area contributed by atoms with Crippen molar-refractivity contribution in [1.82, 2.24) is 4.90 Å². The molecule has 1 fully saturated rings. The van der Waals surface area contributed by atoms with Crippen LogP contribution >= 0.6 is 0 Å². The molecule has 1 aromatic carbocycles. The van der Waals surface area contributed by atoms with Gasteiger partial charge in [0.2, 0.25) is 0 Å². The molecule has 3 heteroatoms. The van der Waals surface area contributed by atoms with Gasteiger partial charge in [0.1, 0.15) is 5.75 Å². The van der Waals surface area contributed by atoms with Gasteiger partial charge in [-0.2, -0.15) is 0 Å². The first-order valence-electron chi connectivity index (χ1n) is 7.54. The Morgan fingerprint density at radius 2 is 2.15 bits per heavy atom. The van der Waals surface area contributed by atoms with Crippen molar-refractivity contribution in [2.45, 2.75) is 39.7 Å². The number of ether oxygens (including phenoxy) is 1. The van der Waals surface area contributed by atoms with E-state index in [0.717, 1.165) is 42.4 Å². The predicted molar refractivity (Wildman–Crippen MR) is 81.3 cm³/mol. The van der Waals surface area contributed by atoms with E-state index in [4.69, 9.17) is 4.74 Å². The van der Waals surface area contributed by atoms with Crippen molar-refractivity contribution in [2.75, 3.05) is 20.2 Å². The maximum atomic E-state index is 11.5. The fourth-order valence-corrected chi connectivity index (χ4v) is 2.71. The lowest BCUT2D eigenvalue weighted by atomic mass is 9.85. The number of rotatable bonds is 7. The lowest BCUT2D eigenvalue weighted by molar-refractivity contribution is 0.101. The highest BCUT2D eigenvalue weighted by Crippen LogP contribution is 2.28. The first kappa shape index (κ1) is 15.0. The third-order valence-corrected chi connectivity index (χ3v) is 4.27. The molecule has 0 N–H and O–H groups in total. The zero-order valence-electron chi connectivity index (χ0n) is 12.8. The molecule has 0 atom stereocenters. The molecule has 1 aromatic rings. The number of hydrogen-bond donors (Lipinski definition) is 0. The molecule has 1 aliphatic carbocycles. The van der Waals surface area contributed by atoms with Crippen molar-refractivity contribution in [2.24, 2.45) is 5.92 Å². The average Bonchev–Trinajstić information content (AvgIpc) is 2.40. The van der Waals surface area contributed by atoms with Crippen molar-refractivity contribution in [3.05, 3.63) is 29.3 Å². The zero-order chi connectivity index (χ0) is 14.5. The van der Waals surface area contributed by atoms with Crippen LogP contribution in [-0.4, -0.2) is 30.9 Å². The van der Waals surface area contributed by atoms with E-state index in [1.165, 1.54) is 19.3 Å². The molecular formula is C17H25NO2. The van der Waals surface area contributed by atoms with E-state index in [9.17, 15) is 4.79 Å².